The average molecular weight is 285 g/mol. The highest BCUT2D eigenvalue weighted by Gasteiger charge is 2.01. The molecule has 0 fully saturated rings. The Labute approximate surface area is 126 Å². The van der Waals surface area contributed by atoms with Gasteiger partial charge in [-0.25, -0.2) is 0 Å². The first-order valence-electron chi connectivity index (χ1n) is 7.42. The van der Waals surface area contributed by atoms with Crippen LogP contribution in [0.25, 0.3) is 0 Å². The first kappa shape index (κ1) is 15.2. The van der Waals surface area contributed by atoms with Crippen molar-refractivity contribution in [2.75, 3.05) is 19.0 Å². The third-order valence-electron chi connectivity index (χ3n) is 3.28. The summed E-state index contributed by atoms with van der Waals surface area (Å²) in [6.45, 7) is 3.71. The largest absolute Gasteiger partial charge is 0.495 e. The molecule has 2 rings (SSSR count). The molecule has 0 saturated heterocycles. The summed E-state index contributed by atoms with van der Waals surface area (Å²) in [7, 11) is 1.68. The van der Waals surface area contributed by atoms with Crippen molar-refractivity contribution in [1.82, 2.24) is 0 Å². The van der Waals surface area contributed by atoms with Gasteiger partial charge in [0.2, 0.25) is 0 Å². The topological polar surface area (TPSA) is 30.5 Å². The molecule has 0 heterocycles. The second-order valence-corrected chi connectivity index (χ2v) is 4.90. The molecular weight excluding hydrogens is 262 g/mol. The lowest BCUT2D eigenvalue weighted by molar-refractivity contribution is 0.309. The van der Waals surface area contributed by atoms with Crippen LogP contribution in [0.2, 0.25) is 0 Å². The quantitative estimate of drug-likeness (QED) is 0.725. The van der Waals surface area contributed by atoms with Gasteiger partial charge in [-0.15, -0.1) is 0 Å². The Morgan fingerprint density at radius 1 is 1.00 bits per heavy atom. The second-order valence-electron chi connectivity index (χ2n) is 4.90. The fourth-order valence-corrected chi connectivity index (χ4v) is 2.03. The molecule has 0 bridgehead atoms. The summed E-state index contributed by atoms with van der Waals surface area (Å²) < 4.78 is 11.0. The minimum Gasteiger partial charge on any atom is -0.495 e. The third-order valence-corrected chi connectivity index (χ3v) is 3.28. The number of anilines is 1. The molecule has 3 heteroatoms. The monoisotopic (exact) mass is 285 g/mol. The number of para-hydroxylation sites is 2. The van der Waals surface area contributed by atoms with Crippen LogP contribution in [0.3, 0.4) is 0 Å². The average Bonchev–Trinajstić information content (AvgIpc) is 2.54. The van der Waals surface area contributed by atoms with Crippen LogP contribution in [0.1, 0.15) is 25.3 Å². The number of nitrogens with one attached hydrogen (secondary N) is 1. The van der Waals surface area contributed by atoms with Gasteiger partial charge in [0.05, 0.1) is 19.4 Å². The van der Waals surface area contributed by atoms with Gasteiger partial charge < -0.3 is 14.8 Å². The van der Waals surface area contributed by atoms with E-state index >= 15 is 0 Å². The number of unbranched alkanes of at least 4 members (excludes halogenated alkanes) is 1. The van der Waals surface area contributed by atoms with E-state index in [1.165, 1.54) is 5.56 Å². The summed E-state index contributed by atoms with van der Waals surface area (Å²) in [5.41, 5.74) is 2.21. The van der Waals surface area contributed by atoms with Crippen LogP contribution >= 0.6 is 0 Å². The number of hydrogen-bond donors (Lipinski definition) is 1. The van der Waals surface area contributed by atoms with Crippen molar-refractivity contribution >= 4 is 5.69 Å². The first-order valence-corrected chi connectivity index (χ1v) is 7.42. The van der Waals surface area contributed by atoms with Gasteiger partial charge in [-0.05, 0) is 36.2 Å². The summed E-state index contributed by atoms with van der Waals surface area (Å²) in [6, 6.07) is 16.1. The number of rotatable bonds is 8. The molecule has 0 amide bonds. The van der Waals surface area contributed by atoms with Gasteiger partial charge in [-0.3, -0.25) is 0 Å². The van der Waals surface area contributed by atoms with E-state index < -0.39 is 0 Å². The standard InChI is InChI=1S/C18H23NO2/c1-3-4-13-21-16-11-9-15(10-12-16)14-19-17-7-5-6-8-18(17)20-2/h5-12,19H,3-4,13-14H2,1-2H3. The summed E-state index contributed by atoms with van der Waals surface area (Å²) >= 11 is 0. The molecule has 0 radical (unpaired) electrons. The first-order chi connectivity index (χ1) is 10.3. The van der Waals surface area contributed by atoms with E-state index in [9.17, 15) is 0 Å². The van der Waals surface area contributed by atoms with Crippen molar-refractivity contribution in [3.8, 4) is 11.5 Å². The normalized spacial score (nSPS) is 10.2. The molecule has 2 aromatic carbocycles. The van der Waals surface area contributed by atoms with E-state index in [1.807, 2.05) is 36.4 Å². The highest BCUT2D eigenvalue weighted by Crippen LogP contribution is 2.23. The molecule has 21 heavy (non-hydrogen) atoms. The van der Waals surface area contributed by atoms with Crippen molar-refractivity contribution < 1.29 is 9.47 Å². The Morgan fingerprint density at radius 3 is 2.48 bits per heavy atom. The molecule has 0 saturated carbocycles. The number of methoxy groups -OCH3 is 1. The maximum atomic E-state index is 5.66. The molecule has 0 aliphatic heterocycles. The lowest BCUT2D eigenvalue weighted by atomic mass is 10.2. The summed E-state index contributed by atoms with van der Waals surface area (Å²) in [5, 5.41) is 3.39. The van der Waals surface area contributed by atoms with Crippen LogP contribution < -0.4 is 14.8 Å². The van der Waals surface area contributed by atoms with Gasteiger partial charge >= 0.3 is 0 Å². The van der Waals surface area contributed by atoms with Crippen LogP contribution in [-0.2, 0) is 6.54 Å². The SMILES string of the molecule is CCCCOc1ccc(CNc2ccccc2OC)cc1. The number of ether oxygens (including phenoxy) is 2. The molecule has 0 spiro atoms. The molecule has 112 valence electrons. The molecule has 2 aromatic rings. The van der Waals surface area contributed by atoms with E-state index in [0.29, 0.717) is 0 Å². The van der Waals surface area contributed by atoms with Gasteiger partial charge in [0.15, 0.2) is 0 Å². The number of benzene rings is 2. The van der Waals surface area contributed by atoms with E-state index in [4.69, 9.17) is 9.47 Å². The third kappa shape index (κ3) is 4.71. The Kier molecular flexibility index (Phi) is 5.95. The summed E-state index contributed by atoms with van der Waals surface area (Å²) in [4.78, 5) is 0. The molecule has 1 N–H and O–H groups in total. The predicted molar refractivity (Wildman–Crippen MR) is 87.2 cm³/mol. The van der Waals surface area contributed by atoms with Crippen LogP contribution in [0.15, 0.2) is 48.5 Å². The molecular formula is C18H23NO2. The maximum absolute atomic E-state index is 5.66. The highest BCUT2D eigenvalue weighted by molar-refractivity contribution is 5.56. The minimum absolute atomic E-state index is 0.760. The summed E-state index contributed by atoms with van der Waals surface area (Å²) in [6.07, 6.45) is 2.25. The zero-order valence-electron chi connectivity index (χ0n) is 12.8. The van der Waals surface area contributed by atoms with E-state index in [1.54, 1.807) is 7.11 Å². The van der Waals surface area contributed by atoms with E-state index in [0.717, 1.165) is 43.2 Å². The smallest absolute Gasteiger partial charge is 0.141 e. The van der Waals surface area contributed by atoms with Crippen LogP contribution in [0.5, 0.6) is 11.5 Å². The Morgan fingerprint density at radius 2 is 1.76 bits per heavy atom. The fourth-order valence-electron chi connectivity index (χ4n) is 2.03. The summed E-state index contributed by atoms with van der Waals surface area (Å²) in [5.74, 6) is 1.79. The molecule has 3 nitrogen and oxygen atoms in total. The van der Waals surface area contributed by atoms with Gasteiger partial charge in [-0.1, -0.05) is 37.6 Å². The second kappa shape index (κ2) is 8.20. The van der Waals surface area contributed by atoms with Crippen molar-refractivity contribution in [3.05, 3.63) is 54.1 Å². The molecule has 0 atom stereocenters. The Hall–Kier alpha value is -2.16. The van der Waals surface area contributed by atoms with Crippen molar-refractivity contribution in [3.63, 3.8) is 0 Å². The molecule has 0 aliphatic carbocycles. The van der Waals surface area contributed by atoms with Crippen molar-refractivity contribution in [2.45, 2.75) is 26.3 Å². The highest BCUT2D eigenvalue weighted by atomic mass is 16.5. The van der Waals surface area contributed by atoms with E-state index in [2.05, 4.69) is 24.4 Å². The Bertz CT molecular complexity index is 537. The van der Waals surface area contributed by atoms with Crippen molar-refractivity contribution in [2.24, 2.45) is 0 Å². The zero-order valence-corrected chi connectivity index (χ0v) is 12.8. The minimum atomic E-state index is 0.760. The fraction of sp³-hybridized carbons (Fsp3) is 0.333. The lowest BCUT2D eigenvalue weighted by Crippen LogP contribution is -2.01. The Balaban J connectivity index is 1.88. The number of hydrogen-bond acceptors (Lipinski definition) is 3. The van der Waals surface area contributed by atoms with Gasteiger partial charge in [0.1, 0.15) is 11.5 Å². The van der Waals surface area contributed by atoms with Gasteiger partial charge in [0, 0.05) is 6.54 Å². The zero-order chi connectivity index (χ0) is 14.9. The lowest BCUT2D eigenvalue weighted by Gasteiger charge is -2.11. The van der Waals surface area contributed by atoms with Gasteiger partial charge in [-0.2, -0.15) is 0 Å². The van der Waals surface area contributed by atoms with Crippen LogP contribution in [0.4, 0.5) is 5.69 Å². The van der Waals surface area contributed by atoms with Crippen LogP contribution in [0, 0.1) is 0 Å². The molecule has 0 unspecified atom stereocenters. The van der Waals surface area contributed by atoms with E-state index in [-0.39, 0.29) is 0 Å². The van der Waals surface area contributed by atoms with Crippen LogP contribution in [-0.4, -0.2) is 13.7 Å². The molecule has 0 aliphatic rings. The predicted octanol–water partition coefficient (Wildman–Crippen LogP) is 4.49. The molecule has 0 aromatic heterocycles. The van der Waals surface area contributed by atoms with Gasteiger partial charge in [0.25, 0.3) is 0 Å². The van der Waals surface area contributed by atoms with Crippen molar-refractivity contribution in [1.29, 1.82) is 0 Å². The maximum Gasteiger partial charge on any atom is 0.141 e.